The number of anilines is 1. The molecule has 1 atom stereocenters. The van der Waals surface area contributed by atoms with E-state index in [9.17, 15) is 4.79 Å². The van der Waals surface area contributed by atoms with Crippen molar-refractivity contribution in [1.82, 2.24) is 5.32 Å². The van der Waals surface area contributed by atoms with E-state index in [1.807, 2.05) is 41.3 Å². The third-order valence-corrected chi connectivity index (χ3v) is 4.42. The van der Waals surface area contributed by atoms with Gasteiger partial charge in [-0.2, -0.15) is 0 Å². The minimum absolute atomic E-state index is 0.0557. The van der Waals surface area contributed by atoms with Crippen LogP contribution in [0.25, 0.3) is 0 Å². The smallest absolute Gasteiger partial charge is 0.322 e. The molecule has 1 aliphatic heterocycles. The van der Waals surface area contributed by atoms with Crippen LogP contribution < -0.4 is 15.0 Å². The zero-order valence-corrected chi connectivity index (χ0v) is 14.3. The van der Waals surface area contributed by atoms with E-state index in [4.69, 9.17) is 4.74 Å². The number of aryl methyl sites for hydroxylation is 1. The fourth-order valence-corrected chi connectivity index (χ4v) is 3.22. The fourth-order valence-electron chi connectivity index (χ4n) is 3.22. The number of para-hydroxylation sites is 2. The number of nitrogens with zero attached hydrogens (tertiary/aromatic N) is 1. The number of nitrogens with one attached hydrogen (secondary N) is 1. The zero-order valence-electron chi connectivity index (χ0n) is 14.3. The van der Waals surface area contributed by atoms with Crippen molar-refractivity contribution in [3.8, 4) is 5.75 Å². The molecule has 1 heterocycles. The minimum Gasteiger partial charge on any atom is -0.491 e. The van der Waals surface area contributed by atoms with Gasteiger partial charge >= 0.3 is 6.03 Å². The van der Waals surface area contributed by atoms with Crippen LogP contribution in [0.15, 0.2) is 48.5 Å². The molecule has 2 aromatic rings. The Morgan fingerprint density at radius 1 is 1.21 bits per heavy atom. The summed E-state index contributed by atoms with van der Waals surface area (Å²) in [5.41, 5.74) is 3.43. The molecule has 0 fully saturated rings. The van der Waals surface area contributed by atoms with Crippen molar-refractivity contribution < 1.29 is 9.53 Å². The van der Waals surface area contributed by atoms with E-state index in [0.717, 1.165) is 24.3 Å². The van der Waals surface area contributed by atoms with Crippen LogP contribution in [-0.2, 0) is 12.8 Å². The summed E-state index contributed by atoms with van der Waals surface area (Å²) in [6, 6.07) is 16.2. The number of hydrogen-bond acceptors (Lipinski definition) is 2. The molecular formula is C20H24N2O2. The molecule has 0 radical (unpaired) electrons. The summed E-state index contributed by atoms with van der Waals surface area (Å²) in [6.45, 7) is 5.14. The van der Waals surface area contributed by atoms with Crippen LogP contribution in [0.5, 0.6) is 5.75 Å². The molecule has 24 heavy (non-hydrogen) atoms. The maximum atomic E-state index is 12.5. The standard InChI is InChI=1S/C20H24N2O2/c1-3-16-8-5-7-11-19(16)24-13-12-21-20(23)22-15(2)14-17-9-4-6-10-18(17)22/h4-11,15H,3,12-14H2,1-2H3,(H,21,23). The molecule has 0 saturated heterocycles. The molecule has 1 N–H and O–H groups in total. The van der Waals surface area contributed by atoms with Crippen molar-refractivity contribution in [2.75, 3.05) is 18.1 Å². The molecule has 2 amide bonds. The van der Waals surface area contributed by atoms with Gasteiger partial charge in [-0.25, -0.2) is 4.79 Å². The first-order chi connectivity index (χ1) is 11.7. The second kappa shape index (κ2) is 7.39. The van der Waals surface area contributed by atoms with Crippen LogP contribution in [-0.4, -0.2) is 25.2 Å². The number of ether oxygens (including phenoxy) is 1. The van der Waals surface area contributed by atoms with Crippen LogP contribution in [0.1, 0.15) is 25.0 Å². The summed E-state index contributed by atoms with van der Waals surface area (Å²) >= 11 is 0. The Bertz CT molecular complexity index is 714. The van der Waals surface area contributed by atoms with Crippen molar-refractivity contribution in [2.24, 2.45) is 0 Å². The molecule has 1 unspecified atom stereocenters. The van der Waals surface area contributed by atoms with Crippen LogP contribution in [0.4, 0.5) is 10.5 Å². The highest BCUT2D eigenvalue weighted by molar-refractivity contribution is 5.94. The molecule has 0 spiro atoms. The number of hydrogen-bond donors (Lipinski definition) is 1. The van der Waals surface area contributed by atoms with Gasteiger partial charge in [0.2, 0.25) is 0 Å². The number of benzene rings is 2. The monoisotopic (exact) mass is 324 g/mol. The highest BCUT2D eigenvalue weighted by atomic mass is 16.5. The summed E-state index contributed by atoms with van der Waals surface area (Å²) in [4.78, 5) is 14.4. The molecule has 0 saturated carbocycles. The average molecular weight is 324 g/mol. The average Bonchev–Trinajstić information content (AvgIpc) is 2.94. The third kappa shape index (κ3) is 3.37. The Morgan fingerprint density at radius 3 is 2.79 bits per heavy atom. The van der Waals surface area contributed by atoms with E-state index < -0.39 is 0 Å². The Kier molecular flexibility index (Phi) is 5.04. The van der Waals surface area contributed by atoms with Gasteiger partial charge in [-0.3, -0.25) is 4.90 Å². The number of fused-ring (bicyclic) bond motifs is 1. The molecule has 3 rings (SSSR count). The molecule has 0 aromatic heterocycles. The predicted molar refractivity (Wildman–Crippen MR) is 96.8 cm³/mol. The summed E-state index contributed by atoms with van der Waals surface area (Å²) in [6.07, 6.45) is 1.84. The van der Waals surface area contributed by atoms with Crippen molar-refractivity contribution in [3.05, 3.63) is 59.7 Å². The van der Waals surface area contributed by atoms with Gasteiger partial charge in [0.1, 0.15) is 12.4 Å². The van der Waals surface area contributed by atoms with E-state index in [2.05, 4.69) is 31.3 Å². The molecule has 0 bridgehead atoms. The van der Waals surface area contributed by atoms with Gasteiger partial charge in [-0.1, -0.05) is 43.3 Å². The van der Waals surface area contributed by atoms with E-state index >= 15 is 0 Å². The zero-order chi connectivity index (χ0) is 16.9. The van der Waals surface area contributed by atoms with Gasteiger partial charge in [0.25, 0.3) is 0 Å². The topological polar surface area (TPSA) is 41.6 Å². The SMILES string of the molecule is CCc1ccccc1OCCNC(=O)N1c2ccccc2CC1C. The molecule has 0 aliphatic carbocycles. The van der Waals surface area contributed by atoms with Crippen LogP contribution in [0.3, 0.4) is 0 Å². The van der Waals surface area contributed by atoms with Gasteiger partial charge in [0, 0.05) is 11.7 Å². The summed E-state index contributed by atoms with van der Waals surface area (Å²) in [7, 11) is 0. The van der Waals surface area contributed by atoms with Gasteiger partial charge in [0.15, 0.2) is 0 Å². The van der Waals surface area contributed by atoms with Gasteiger partial charge in [0.05, 0.1) is 6.54 Å². The van der Waals surface area contributed by atoms with Crippen molar-refractivity contribution in [3.63, 3.8) is 0 Å². The Balaban J connectivity index is 1.53. The van der Waals surface area contributed by atoms with E-state index in [0.29, 0.717) is 13.2 Å². The Labute approximate surface area is 143 Å². The van der Waals surface area contributed by atoms with E-state index in [-0.39, 0.29) is 12.1 Å². The van der Waals surface area contributed by atoms with Crippen LogP contribution in [0.2, 0.25) is 0 Å². The lowest BCUT2D eigenvalue weighted by Gasteiger charge is -2.23. The highest BCUT2D eigenvalue weighted by Gasteiger charge is 2.30. The lowest BCUT2D eigenvalue weighted by molar-refractivity contribution is 0.240. The summed E-state index contributed by atoms with van der Waals surface area (Å²) in [5, 5.41) is 2.97. The predicted octanol–water partition coefficient (Wildman–Crippen LogP) is 3.79. The van der Waals surface area contributed by atoms with Gasteiger partial charge in [-0.05, 0) is 43.0 Å². The molecule has 2 aromatic carbocycles. The lowest BCUT2D eigenvalue weighted by atomic mass is 10.1. The second-order valence-corrected chi connectivity index (χ2v) is 6.09. The lowest BCUT2D eigenvalue weighted by Crippen LogP contribution is -2.44. The van der Waals surface area contributed by atoms with Crippen molar-refractivity contribution in [1.29, 1.82) is 0 Å². The van der Waals surface area contributed by atoms with E-state index in [1.54, 1.807) is 0 Å². The molecule has 4 heteroatoms. The second-order valence-electron chi connectivity index (χ2n) is 6.09. The number of rotatable bonds is 5. The van der Waals surface area contributed by atoms with E-state index in [1.165, 1.54) is 11.1 Å². The first kappa shape index (κ1) is 16.4. The number of carbonyl (C=O) groups excluding carboxylic acids is 1. The molecule has 126 valence electrons. The molecule has 1 aliphatic rings. The Morgan fingerprint density at radius 2 is 1.96 bits per heavy atom. The van der Waals surface area contributed by atoms with Crippen LogP contribution >= 0.6 is 0 Å². The molecule has 4 nitrogen and oxygen atoms in total. The summed E-state index contributed by atoms with van der Waals surface area (Å²) < 4.78 is 5.80. The number of amides is 2. The quantitative estimate of drug-likeness (QED) is 0.850. The minimum atomic E-state index is -0.0557. The maximum Gasteiger partial charge on any atom is 0.322 e. The first-order valence-corrected chi connectivity index (χ1v) is 8.56. The summed E-state index contributed by atoms with van der Waals surface area (Å²) in [5.74, 6) is 0.897. The first-order valence-electron chi connectivity index (χ1n) is 8.56. The number of carbonyl (C=O) groups is 1. The van der Waals surface area contributed by atoms with Crippen LogP contribution in [0, 0.1) is 0 Å². The van der Waals surface area contributed by atoms with Gasteiger partial charge < -0.3 is 10.1 Å². The highest BCUT2D eigenvalue weighted by Crippen LogP contribution is 2.31. The fraction of sp³-hybridized carbons (Fsp3) is 0.350. The van der Waals surface area contributed by atoms with Crippen molar-refractivity contribution >= 4 is 11.7 Å². The molecular weight excluding hydrogens is 300 g/mol. The number of urea groups is 1. The maximum absolute atomic E-state index is 12.5. The van der Waals surface area contributed by atoms with Crippen molar-refractivity contribution in [2.45, 2.75) is 32.7 Å². The Hall–Kier alpha value is -2.49. The third-order valence-electron chi connectivity index (χ3n) is 4.42. The normalized spacial score (nSPS) is 15.9. The van der Waals surface area contributed by atoms with Gasteiger partial charge in [-0.15, -0.1) is 0 Å². The largest absolute Gasteiger partial charge is 0.491 e.